The third-order valence-corrected chi connectivity index (χ3v) is 6.05. The van der Waals surface area contributed by atoms with Crippen LogP contribution in [0.1, 0.15) is 39.3 Å². The van der Waals surface area contributed by atoms with E-state index in [1.807, 2.05) is 37.4 Å². The summed E-state index contributed by atoms with van der Waals surface area (Å²) in [6.07, 6.45) is 0.475. The number of rotatable bonds is 8. The van der Waals surface area contributed by atoms with E-state index < -0.39 is 18.1 Å². The van der Waals surface area contributed by atoms with E-state index in [1.54, 1.807) is 18.3 Å². The number of nitrogens with zero attached hydrogens (tertiary/aromatic N) is 3. The van der Waals surface area contributed by atoms with Crippen LogP contribution in [0.2, 0.25) is 0 Å². The fourth-order valence-corrected chi connectivity index (χ4v) is 4.36. The Labute approximate surface area is 195 Å². The van der Waals surface area contributed by atoms with Crippen molar-refractivity contribution in [2.24, 2.45) is 5.92 Å². The number of anilines is 1. The van der Waals surface area contributed by atoms with E-state index in [2.05, 4.69) is 15.3 Å². The normalized spacial score (nSPS) is 12.6. The Morgan fingerprint density at radius 3 is 2.38 bits per heavy atom. The maximum atomic E-state index is 13.0. The van der Waals surface area contributed by atoms with Gasteiger partial charge in [0.25, 0.3) is 0 Å². The number of aliphatic hydroxyl groups is 2. The second kappa shape index (κ2) is 11.8. The van der Waals surface area contributed by atoms with Crippen molar-refractivity contribution < 1.29 is 19.0 Å². The molecule has 0 aliphatic carbocycles. The molecule has 0 aliphatic heterocycles. The highest BCUT2D eigenvalue weighted by Gasteiger charge is 2.20. The number of aryl methyl sites for hydroxylation is 1. The summed E-state index contributed by atoms with van der Waals surface area (Å²) in [5.74, 6) is -1.44. The SMILES string of the molecule is CC(C)(O)O.CCC(CCNc1nc(SC)nc(C)c1-c1nc2ccccc2s1)C(F)F. The lowest BCUT2D eigenvalue weighted by Gasteiger charge is -2.16. The topological polar surface area (TPSA) is 91.2 Å². The summed E-state index contributed by atoms with van der Waals surface area (Å²) in [6.45, 7) is 6.76. The zero-order valence-electron chi connectivity index (χ0n) is 18.9. The maximum absolute atomic E-state index is 13.0. The van der Waals surface area contributed by atoms with Crippen molar-refractivity contribution in [3.05, 3.63) is 30.0 Å². The minimum absolute atomic E-state index is 0.394. The Kier molecular flexibility index (Phi) is 9.75. The first kappa shape index (κ1) is 26.4. The van der Waals surface area contributed by atoms with Gasteiger partial charge in [-0.2, -0.15) is 0 Å². The maximum Gasteiger partial charge on any atom is 0.241 e. The molecule has 176 valence electrons. The number of thiazole rings is 1. The first-order valence-electron chi connectivity index (χ1n) is 10.3. The summed E-state index contributed by atoms with van der Waals surface area (Å²) < 4.78 is 27.1. The number of nitrogens with one attached hydrogen (secondary N) is 1. The molecule has 32 heavy (non-hydrogen) atoms. The fourth-order valence-electron chi connectivity index (χ4n) is 2.89. The smallest absolute Gasteiger partial charge is 0.241 e. The summed E-state index contributed by atoms with van der Waals surface area (Å²) in [4.78, 5) is 13.9. The molecule has 1 unspecified atom stereocenters. The van der Waals surface area contributed by atoms with Crippen molar-refractivity contribution in [3.63, 3.8) is 0 Å². The average molecular weight is 485 g/mol. The van der Waals surface area contributed by atoms with Gasteiger partial charge in [-0.15, -0.1) is 11.3 Å². The van der Waals surface area contributed by atoms with Crippen LogP contribution in [-0.2, 0) is 0 Å². The van der Waals surface area contributed by atoms with Gasteiger partial charge in [-0.3, -0.25) is 0 Å². The number of aromatic nitrogens is 3. The van der Waals surface area contributed by atoms with E-state index in [0.29, 0.717) is 30.4 Å². The van der Waals surface area contributed by atoms with Crippen molar-refractivity contribution in [2.75, 3.05) is 18.1 Å². The van der Waals surface area contributed by atoms with Gasteiger partial charge in [-0.05, 0) is 52.0 Å². The van der Waals surface area contributed by atoms with Gasteiger partial charge in [0.2, 0.25) is 6.43 Å². The highest BCUT2D eigenvalue weighted by atomic mass is 32.2. The number of hydrogen-bond acceptors (Lipinski definition) is 8. The van der Waals surface area contributed by atoms with Crippen LogP contribution in [0.3, 0.4) is 0 Å². The number of benzene rings is 1. The molecule has 0 spiro atoms. The molecule has 0 amide bonds. The molecule has 0 aliphatic rings. The van der Waals surface area contributed by atoms with Gasteiger partial charge < -0.3 is 15.5 Å². The van der Waals surface area contributed by atoms with Crippen LogP contribution in [0.15, 0.2) is 29.4 Å². The Hall–Kier alpha value is -1.88. The minimum atomic E-state index is -2.30. The predicted octanol–water partition coefficient (Wildman–Crippen LogP) is 5.58. The standard InChI is InChI=1S/C19H22F2N4S2.C3H8O2/c1-4-12(16(20)21)9-10-22-17-15(11(2)23-19(25-17)26-3)18-24-13-7-5-6-8-14(13)27-18;1-3(2,4)5/h5-8,12,16H,4,9-10H2,1-3H3,(H,22,23,25);4-5H,1-2H3. The van der Waals surface area contributed by atoms with E-state index >= 15 is 0 Å². The monoisotopic (exact) mass is 484 g/mol. The molecule has 0 radical (unpaired) electrons. The molecule has 3 N–H and O–H groups in total. The number of alkyl halides is 2. The Morgan fingerprint density at radius 1 is 1.16 bits per heavy atom. The van der Waals surface area contributed by atoms with Crippen molar-refractivity contribution in [1.82, 2.24) is 15.0 Å². The molecule has 1 atom stereocenters. The van der Waals surface area contributed by atoms with Crippen molar-refractivity contribution in [1.29, 1.82) is 0 Å². The molecule has 0 fully saturated rings. The quantitative estimate of drug-likeness (QED) is 0.218. The number of fused-ring (bicyclic) bond motifs is 1. The Morgan fingerprint density at radius 2 is 1.81 bits per heavy atom. The molecule has 0 saturated carbocycles. The van der Waals surface area contributed by atoms with Gasteiger partial charge in [0.05, 0.1) is 21.5 Å². The lowest BCUT2D eigenvalue weighted by atomic mass is 10.0. The first-order valence-corrected chi connectivity index (χ1v) is 12.3. The first-order chi connectivity index (χ1) is 15.0. The van der Waals surface area contributed by atoms with Gasteiger partial charge in [0.15, 0.2) is 10.9 Å². The summed E-state index contributed by atoms with van der Waals surface area (Å²) >= 11 is 3.04. The van der Waals surface area contributed by atoms with Crippen LogP contribution < -0.4 is 5.32 Å². The lowest BCUT2D eigenvalue weighted by molar-refractivity contribution is -0.127. The van der Waals surface area contributed by atoms with E-state index in [-0.39, 0.29) is 0 Å². The van der Waals surface area contributed by atoms with Gasteiger partial charge >= 0.3 is 0 Å². The van der Waals surface area contributed by atoms with Crippen LogP contribution in [0.5, 0.6) is 0 Å². The molecule has 0 saturated heterocycles. The molecular formula is C22H30F2N4O2S2. The van der Waals surface area contributed by atoms with Crippen molar-refractivity contribution in [3.8, 4) is 10.6 Å². The zero-order valence-corrected chi connectivity index (χ0v) is 20.5. The van der Waals surface area contributed by atoms with Crippen LogP contribution in [0.25, 0.3) is 20.8 Å². The number of hydrogen-bond donors (Lipinski definition) is 3. The summed E-state index contributed by atoms with van der Waals surface area (Å²) in [6, 6.07) is 7.95. The number of para-hydroxylation sites is 1. The molecular weight excluding hydrogens is 454 g/mol. The highest BCUT2D eigenvalue weighted by Crippen LogP contribution is 2.36. The molecule has 10 heteroatoms. The summed E-state index contributed by atoms with van der Waals surface area (Å²) in [5, 5.41) is 20.9. The predicted molar refractivity (Wildman–Crippen MR) is 129 cm³/mol. The second-order valence-electron chi connectivity index (χ2n) is 7.72. The van der Waals surface area contributed by atoms with Gasteiger partial charge in [-0.1, -0.05) is 30.8 Å². The lowest BCUT2D eigenvalue weighted by Crippen LogP contribution is -2.16. The number of thioether (sulfide) groups is 1. The third kappa shape index (κ3) is 7.91. The molecule has 2 heterocycles. The molecule has 3 aromatic rings. The average Bonchev–Trinajstić information content (AvgIpc) is 3.12. The van der Waals surface area contributed by atoms with E-state index in [0.717, 1.165) is 26.5 Å². The fraction of sp³-hybridized carbons (Fsp3) is 0.500. The second-order valence-corrected chi connectivity index (χ2v) is 9.52. The third-order valence-electron chi connectivity index (χ3n) is 4.45. The van der Waals surface area contributed by atoms with Gasteiger partial charge in [-0.25, -0.2) is 23.7 Å². The summed E-state index contributed by atoms with van der Waals surface area (Å²) in [5.41, 5.74) is 2.61. The number of halogens is 2. The van der Waals surface area contributed by atoms with E-state index in [4.69, 9.17) is 15.2 Å². The largest absolute Gasteiger partial charge is 0.369 e. The van der Waals surface area contributed by atoms with Crippen LogP contribution in [-0.4, -0.2) is 50.2 Å². The molecule has 3 rings (SSSR count). The van der Waals surface area contributed by atoms with Gasteiger partial charge in [0.1, 0.15) is 10.8 Å². The minimum Gasteiger partial charge on any atom is -0.369 e. The molecule has 1 aromatic carbocycles. The van der Waals surface area contributed by atoms with Crippen LogP contribution >= 0.6 is 23.1 Å². The van der Waals surface area contributed by atoms with Crippen molar-refractivity contribution in [2.45, 2.75) is 57.9 Å². The summed E-state index contributed by atoms with van der Waals surface area (Å²) in [7, 11) is 0. The Balaban J connectivity index is 0.000000654. The molecule has 0 bridgehead atoms. The van der Waals surface area contributed by atoms with Crippen molar-refractivity contribution >= 4 is 39.1 Å². The van der Waals surface area contributed by atoms with E-state index in [9.17, 15) is 8.78 Å². The zero-order chi connectivity index (χ0) is 23.9. The molecule has 2 aromatic heterocycles. The highest BCUT2D eigenvalue weighted by molar-refractivity contribution is 7.98. The van der Waals surface area contributed by atoms with Crippen LogP contribution in [0.4, 0.5) is 14.6 Å². The van der Waals surface area contributed by atoms with E-state index in [1.165, 1.54) is 25.6 Å². The Bertz CT molecular complexity index is 970. The molecule has 6 nitrogen and oxygen atoms in total. The van der Waals surface area contributed by atoms with Gasteiger partial charge in [0, 0.05) is 12.5 Å². The van der Waals surface area contributed by atoms with Crippen LogP contribution in [0, 0.1) is 12.8 Å².